The van der Waals surface area contributed by atoms with E-state index in [9.17, 15) is 18.0 Å². The highest BCUT2D eigenvalue weighted by molar-refractivity contribution is 7.17. The number of hydrogen-bond donors (Lipinski definition) is 0. The number of fused-ring (bicyclic) bond motifs is 1. The van der Waals surface area contributed by atoms with E-state index in [0.29, 0.717) is 5.39 Å². The zero-order valence-corrected chi connectivity index (χ0v) is 9.64. The van der Waals surface area contributed by atoms with Crippen LogP contribution in [0.1, 0.15) is 12.8 Å². The zero-order valence-electron chi connectivity index (χ0n) is 8.83. The maximum absolute atomic E-state index is 12.0. The van der Waals surface area contributed by atoms with Crippen molar-refractivity contribution in [2.75, 3.05) is 0 Å². The van der Waals surface area contributed by atoms with Crippen molar-refractivity contribution in [2.45, 2.75) is 25.6 Å². The lowest BCUT2D eigenvalue weighted by molar-refractivity contribution is -0.135. The Labute approximate surface area is 99.3 Å². The summed E-state index contributed by atoms with van der Waals surface area (Å²) in [5.41, 5.74) is -0.217. The minimum Gasteiger partial charge on any atom is -0.315 e. The summed E-state index contributed by atoms with van der Waals surface area (Å²) in [5.74, 6) is 0. The Morgan fingerprint density at radius 2 is 2.06 bits per heavy atom. The van der Waals surface area contributed by atoms with Crippen molar-refractivity contribution in [3.05, 3.63) is 34.1 Å². The van der Waals surface area contributed by atoms with Gasteiger partial charge in [0.2, 0.25) is 0 Å². The number of aryl methyl sites for hydroxylation is 1. The third kappa shape index (κ3) is 2.88. The van der Waals surface area contributed by atoms with Gasteiger partial charge in [0.25, 0.3) is 5.56 Å². The molecule has 0 fully saturated rings. The Morgan fingerprint density at radius 3 is 2.76 bits per heavy atom. The molecule has 92 valence electrons. The summed E-state index contributed by atoms with van der Waals surface area (Å²) in [6, 6.07) is 3.46. The van der Waals surface area contributed by atoms with Gasteiger partial charge in [-0.25, -0.2) is 0 Å². The average Bonchev–Trinajstić information content (AvgIpc) is 2.68. The molecule has 2 aromatic rings. The van der Waals surface area contributed by atoms with E-state index in [1.54, 1.807) is 23.7 Å². The minimum absolute atomic E-state index is 0.0704. The van der Waals surface area contributed by atoms with Gasteiger partial charge in [-0.2, -0.15) is 13.2 Å². The Hall–Kier alpha value is -1.30. The summed E-state index contributed by atoms with van der Waals surface area (Å²) < 4.78 is 38.1. The van der Waals surface area contributed by atoms with Crippen LogP contribution in [0.25, 0.3) is 10.1 Å². The van der Waals surface area contributed by atoms with Gasteiger partial charge >= 0.3 is 6.18 Å². The molecule has 0 atom stereocenters. The Kier molecular flexibility index (Phi) is 3.24. The lowest BCUT2D eigenvalue weighted by Gasteiger charge is -2.07. The molecular formula is C11H10F3NOS. The molecule has 0 aromatic carbocycles. The van der Waals surface area contributed by atoms with Crippen LogP contribution in [0.15, 0.2) is 28.5 Å². The first kappa shape index (κ1) is 12.2. The maximum atomic E-state index is 12.0. The molecule has 2 nitrogen and oxygen atoms in total. The van der Waals surface area contributed by atoms with E-state index in [1.165, 1.54) is 15.9 Å². The molecule has 17 heavy (non-hydrogen) atoms. The first-order valence-corrected chi connectivity index (χ1v) is 5.99. The van der Waals surface area contributed by atoms with Gasteiger partial charge in [0.1, 0.15) is 0 Å². The Balaban J connectivity index is 2.14. The van der Waals surface area contributed by atoms with E-state index in [2.05, 4.69) is 0 Å². The van der Waals surface area contributed by atoms with Crippen molar-refractivity contribution in [2.24, 2.45) is 0 Å². The van der Waals surface area contributed by atoms with Crippen molar-refractivity contribution in [1.29, 1.82) is 0 Å². The highest BCUT2D eigenvalue weighted by Gasteiger charge is 2.26. The molecule has 2 heterocycles. The van der Waals surface area contributed by atoms with Crippen LogP contribution in [0, 0.1) is 0 Å². The van der Waals surface area contributed by atoms with Gasteiger partial charge in [-0.15, -0.1) is 11.3 Å². The van der Waals surface area contributed by atoms with Crippen LogP contribution in [0.4, 0.5) is 13.2 Å². The van der Waals surface area contributed by atoms with Crippen molar-refractivity contribution in [1.82, 2.24) is 4.57 Å². The van der Waals surface area contributed by atoms with E-state index in [4.69, 9.17) is 0 Å². The summed E-state index contributed by atoms with van der Waals surface area (Å²) in [6.45, 7) is 0.101. The fourth-order valence-corrected chi connectivity index (χ4v) is 2.41. The quantitative estimate of drug-likeness (QED) is 0.830. The number of pyridine rings is 1. The highest BCUT2D eigenvalue weighted by atomic mass is 32.1. The Morgan fingerprint density at radius 1 is 1.29 bits per heavy atom. The van der Waals surface area contributed by atoms with Gasteiger partial charge in [0, 0.05) is 23.9 Å². The molecule has 0 saturated heterocycles. The fourth-order valence-electron chi connectivity index (χ4n) is 1.63. The lowest BCUT2D eigenvalue weighted by Crippen LogP contribution is -2.20. The van der Waals surface area contributed by atoms with Gasteiger partial charge in [0.15, 0.2) is 0 Å². The summed E-state index contributed by atoms with van der Waals surface area (Å²) in [7, 11) is 0. The first-order chi connectivity index (χ1) is 7.97. The van der Waals surface area contributed by atoms with E-state index in [-0.39, 0.29) is 18.5 Å². The van der Waals surface area contributed by atoms with Crippen LogP contribution in [0.5, 0.6) is 0 Å². The molecule has 0 amide bonds. The summed E-state index contributed by atoms with van der Waals surface area (Å²) >= 11 is 1.44. The Bertz CT molecular complexity index is 570. The molecule has 0 aliphatic rings. The minimum atomic E-state index is -4.16. The monoisotopic (exact) mass is 261 g/mol. The third-order valence-electron chi connectivity index (χ3n) is 2.45. The van der Waals surface area contributed by atoms with Crippen LogP contribution in [0.2, 0.25) is 0 Å². The summed E-state index contributed by atoms with van der Waals surface area (Å²) in [5, 5.41) is 2.37. The van der Waals surface area contributed by atoms with Crippen molar-refractivity contribution >= 4 is 21.4 Å². The second-order valence-electron chi connectivity index (χ2n) is 3.73. The third-order valence-corrected chi connectivity index (χ3v) is 3.33. The SMILES string of the molecule is O=c1c2ccsc2ccn1CCCC(F)(F)F. The molecule has 0 spiro atoms. The smallest absolute Gasteiger partial charge is 0.315 e. The number of aromatic nitrogens is 1. The topological polar surface area (TPSA) is 22.0 Å². The van der Waals surface area contributed by atoms with Crippen LogP contribution in [-0.2, 0) is 6.54 Å². The molecule has 0 aliphatic carbocycles. The number of halogens is 3. The molecule has 0 bridgehead atoms. The molecule has 6 heteroatoms. The molecule has 0 unspecified atom stereocenters. The number of alkyl halides is 3. The number of rotatable bonds is 3. The second-order valence-corrected chi connectivity index (χ2v) is 4.68. The van der Waals surface area contributed by atoms with E-state index in [1.807, 2.05) is 0 Å². The van der Waals surface area contributed by atoms with Gasteiger partial charge in [-0.3, -0.25) is 4.79 Å². The van der Waals surface area contributed by atoms with E-state index >= 15 is 0 Å². The van der Waals surface area contributed by atoms with Crippen molar-refractivity contribution in [3.63, 3.8) is 0 Å². The fraction of sp³-hybridized carbons (Fsp3) is 0.364. The largest absolute Gasteiger partial charge is 0.389 e. The molecule has 0 aliphatic heterocycles. The predicted octanol–water partition coefficient (Wildman–Crippen LogP) is 3.41. The number of thiophene rings is 1. The summed E-state index contributed by atoms with van der Waals surface area (Å²) in [4.78, 5) is 11.8. The highest BCUT2D eigenvalue weighted by Crippen LogP contribution is 2.22. The zero-order chi connectivity index (χ0) is 12.5. The molecule has 0 radical (unpaired) electrons. The van der Waals surface area contributed by atoms with Gasteiger partial charge in [-0.1, -0.05) is 0 Å². The normalized spacial score (nSPS) is 12.2. The van der Waals surface area contributed by atoms with Crippen molar-refractivity contribution < 1.29 is 13.2 Å². The first-order valence-electron chi connectivity index (χ1n) is 5.11. The maximum Gasteiger partial charge on any atom is 0.389 e. The number of nitrogens with zero attached hydrogens (tertiary/aromatic N) is 1. The standard InChI is InChI=1S/C11H10F3NOS/c12-11(13,14)4-1-5-15-6-2-9-8(10(15)16)3-7-17-9/h2-3,6-7H,1,4-5H2. The predicted molar refractivity (Wildman–Crippen MR) is 61.4 cm³/mol. The molecule has 0 N–H and O–H groups in total. The van der Waals surface area contributed by atoms with Crippen LogP contribution >= 0.6 is 11.3 Å². The lowest BCUT2D eigenvalue weighted by atomic mass is 10.3. The molecular weight excluding hydrogens is 251 g/mol. The van der Waals surface area contributed by atoms with Crippen LogP contribution in [-0.4, -0.2) is 10.7 Å². The van der Waals surface area contributed by atoms with Crippen LogP contribution < -0.4 is 5.56 Å². The van der Waals surface area contributed by atoms with Gasteiger partial charge < -0.3 is 4.57 Å². The van der Waals surface area contributed by atoms with Crippen molar-refractivity contribution in [3.8, 4) is 0 Å². The van der Waals surface area contributed by atoms with Gasteiger partial charge in [0.05, 0.1) is 5.39 Å². The number of hydrogen-bond acceptors (Lipinski definition) is 2. The summed E-state index contributed by atoms with van der Waals surface area (Å²) in [6.07, 6.45) is -3.53. The van der Waals surface area contributed by atoms with E-state index in [0.717, 1.165) is 4.70 Å². The van der Waals surface area contributed by atoms with E-state index < -0.39 is 12.6 Å². The van der Waals surface area contributed by atoms with Crippen LogP contribution in [0.3, 0.4) is 0 Å². The second kappa shape index (κ2) is 4.52. The average molecular weight is 261 g/mol. The molecule has 0 saturated carbocycles. The molecule has 2 aromatic heterocycles. The molecule has 2 rings (SSSR count). The van der Waals surface area contributed by atoms with Gasteiger partial charge in [-0.05, 0) is 23.9 Å².